The van der Waals surface area contributed by atoms with Gasteiger partial charge >= 0.3 is 11.8 Å². The number of anilines is 1. The van der Waals surface area contributed by atoms with Crippen LogP contribution in [0.15, 0.2) is 48.5 Å². The Balaban J connectivity index is 1.53. The molecule has 144 valence electrons. The lowest BCUT2D eigenvalue weighted by atomic mass is 10.2. The zero-order chi connectivity index (χ0) is 20.1. The van der Waals surface area contributed by atoms with Crippen LogP contribution in [0, 0.1) is 18.6 Å². The third-order valence-electron chi connectivity index (χ3n) is 3.93. The van der Waals surface area contributed by atoms with Crippen molar-refractivity contribution in [2.24, 2.45) is 0 Å². The number of hydrogen-bond acceptors (Lipinski definition) is 4. The fourth-order valence-electron chi connectivity index (χ4n) is 2.47. The minimum atomic E-state index is -0.820. The van der Waals surface area contributed by atoms with E-state index in [9.17, 15) is 18.4 Å². The predicted octanol–water partition coefficient (Wildman–Crippen LogP) is 3.69. The van der Waals surface area contributed by atoms with Crippen LogP contribution in [0.3, 0.4) is 0 Å². The van der Waals surface area contributed by atoms with Gasteiger partial charge in [0.2, 0.25) is 0 Å². The van der Waals surface area contributed by atoms with E-state index in [-0.39, 0.29) is 12.4 Å². The number of hydrogen-bond donors (Lipinski definition) is 2. The Morgan fingerprint density at radius 3 is 2.21 bits per heavy atom. The number of nitrogens with one attached hydrogen (secondary N) is 2. The molecule has 8 heteroatoms. The van der Waals surface area contributed by atoms with Gasteiger partial charge in [0.15, 0.2) is 0 Å². The highest BCUT2D eigenvalue weighted by Gasteiger charge is 2.14. The highest BCUT2D eigenvalue weighted by atomic mass is 32.1. The molecular formula is C20H17F2N3O2S. The number of aromatic nitrogens is 1. The van der Waals surface area contributed by atoms with Gasteiger partial charge in [-0.15, -0.1) is 11.3 Å². The lowest BCUT2D eigenvalue weighted by molar-refractivity contribution is -0.136. The molecule has 0 saturated heterocycles. The van der Waals surface area contributed by atoms with Crippen LogP contribution in [0.2, 0.25) is 0 Å². The minimum absolute atomic E-state index is 0.265. The van der Waals surface area contributed by atoms with E-state index < -0.39 is 17.6 Å². The van der Waals surface area contributed by atoms with Crippen LogP contribution in [0.4, 0.5) is 14.5 Å². The summed E-state index contributed by atoms with van der Waals surface area (Å²) >= 11 is 1.46. The standard InChI is InChI=1S/C20H17F2N3O2S/c1-12-17(28-20(24-12)13-2-4-14(21)5-3-13)10-11-23-18(26)19(27)25-16-8-6-15(22)7-9-16/h2-9H,10-11H2,1H3,(H,23,26)(H,25,27). The molecule has 0 aliphatic rings. The Morgan fingerprint density at radius 2 is 1.57 bits per heavy atom. The molecule has 2 aromatic carbocycles. The maximum Gasteiger partial charge on any atom is 0.313 e. The first-order valence-corrected chi connectivity index (χ1v) is 9.31. The Morgan fingerprint density at radius 1 is 0.964 bits per heavy atom. The number of amides is 2. The molecule has 28 heavy (non-hydrogen) atoms. The number of aryl methyl sites for hydroxylation is 1. The van der Waals surface area contributed by atoms with Gasteiger partial charge in [0.05, 0.1) is 5.69 Å². The summed E-state index contributed by atoms with van der Waals surface area (Å²) < 4.78 is 25.9. The molecular weight excluding hydrogens is 384 g/mol. The van der Waals surface area contributed by atoms with E-state index >= 15 is 0 Å². The van der Waals surface area contributed by atoms with Gasteiger partial charge in [-0.05, 0) is 55.5 Å². The molecule has 0 aliphatic heterocycles. The summed E-state index contributed by atoms with van der Waals surface area (Å²) in [7, 11) is 0. The van der Waals surface area contributed by atoms with Crippen molar-refractivity contribution in [2.75, 3.05) is 11.9 Å². The summed E-state index contributed by atoms with van der Waals surface area (Å²) in [5.74, 6) is -2.33. The molecule has 1 aromatic heterocycles. The van der Waals surface area contributed by atoms with Crippen LogP contribution >= 0.6 is 11.3 Å². The molecule has 2 amide bonds. The van der Waals surface area contributed by atoms with E-state index in [4.69, 9.17) is 0 Å². The van der Waals surface area contributed by atoms with Crippen LogP contribution in [0.5, 0.6) is 0 Å². The minimum Gasteiger partial charge on any atom is -0.347 e. The third kappa shape index (κ3) is 4.98. The average Bonchev–Trinajstić information content (AvgIpc) is 3.04. The Kier molecular flexibility index (Phi) is 6.10. The zero-order valence-electron chi connectivity index (χ0n) is 15.0. The molecule has 3 rings (SSSR count). The van der Waals surface area contributed by atoms with Crippen LogP contribution < -0.4 is 10.6 Å². The molecule has 2 N–H and O–H groups in total. The highest BCUT2D eigenvalue weighted by Crippen LogP contribution is 2.28. The second kappa shape index (κ2) is 8.71. The third-order valence-corrected chi connectivity index (χ3v) is 5.20. The van der Waals surface area contributed by atoms with E-state index in [0.29, 0.717) is 12.1 Å². The second-order valence-electron chi connectivity index (χ2n) is 6.00. The SMILES string of the molecule is Cc1nc(-c2ccc(F)cc2)sc1CCNC(=O)C(=O)Nc1ccc(F)cc1. The number of carbonyl (C=O) groups excluding carboxylic acids is 2. The van der Waals surface area contributed by atoms with E-state index in [1.807, 2.05) is 6.92 Å². The molecule has 5 nitrogen and oxygen atoms in total. The van der Waals surface area contributed by atoms with Crippen molar-refractivity contribution in [3.05, 3.63) is 70.7 Å². The summed E-state index contributed by atoms with van der Waals surface area (Å²) in [5, 5.41) is 5.72. The van der Waals surface area contributed by atoms with Gasteiger partial charge in [-0.2, -0.15) is 0 Å². The van der Waals surface area contributed by atoms with Crippen LogP contribution in [-0.2, 0) is 16.0 Å². The molecule has 0 saturated carbocycles. The maximum atomic E-state index is 13.0. The van der Waals surface area contributed by atoms with Gasteiger partial charge in [0.25, 0.3) is 0 Å². The van der Waals surface area contributed by atoms with Crippen molar-refractivity contribution < 1.29 is 18.4 Å². The average molecular weight is 401 g/mol. The fourth-order valence-corrected chi connectivity index (χ4v) is 3.53. The molecule has 3 aromatic rings. The van der Waals surface area contributed by atoms with Gasteiger partial charge in [0.1, 0.15) is 16.6 Å². The van der Waals surface area contributed by atoms with Gasteiger partial charge in [0, 0.05) is 29.1 Å². The lowest BCUT2D eigenvalue weighted by Crippen LogP contribution is -2.36. The summed E-state index contributed by atoms with van der Waals surface area (Å²) in [6, 6.07) is 11.2. The van der Waals surface area contributed by atoms with Gasteiger partial charge in [-0.25, -0.2) is 13.8 Å². The van der Waals surface area contributed by atoms with Gasteiger partial charge in [-0.3, -0.25) is 9.59 Å². The molecule has 0 unspecified atom stereocenters. The van der Waals surface area contributed by atoms with Crippen LogP contribution in [0.1, 0.15) is 10.6 Å². The Bertz CT molecular complexity index is 986. The normalized spacial score (nSPS) is 10.5. The van der Waals surface area contributed by atoms with Crippen LogP contribution in [0.25, 0.3) is 10.6 Å². The molecule has 0 fully saturated rings. The summed E-state index contributed by atoms with van der Waals surface area (Å²) in [6.07, 6.45) is 0.514. The molecule has 0 atom stereocenters. The Labute approximate surface area is 164 Å². The lowest BCUT2D eigenvalue weighted by Gasteiger charge is -2.06. The van der Waals surface area contributed by atoms with Crippen LogP contribution in [-0.4, -0.2) is 23.3 Å². The molecule has 0 spiro atoms. The topological polar surface area (TPSA) is 71.1 Å². The number of rotatable bonds is 5. The maximum absolute atomic E-state index is 13.0. The molecule has 1 heterocycles. The first kappa shape index (κ1) is 19.6. The first-order valence-electron chi connectivity index (χ1n) is 8.49. The fraction of sp³-hybridized carbons (Fsp3) is 0.150. The monoisotopic (exact) mass is 401 g/mol. The van der Waals surface area contributed by atoms with Gasteiger partial charge in [-0.1, -0.05) is 0 Å². The van der Waals surface area contributed by atoms with E-state index in [1.165, 1.54) is 47.7 Å². The largest absolute Gasteiger partial charge is 0.347 e. The molecule has 0 bridgehead atoms. The van der Waals surface area contributed by atoms with E-state index in [0.717, 1.165) is 21.1 Å². The smallest absolute Gasteiger partial charge is 0.313 e. The molecule has 0 radical (unpaired) electrons. The first-order chi connectivity index (χ1) is 13.4. The van der Waals surface area contributed by atoms with Crippen molar-refractivity contribution in [1.82, 2.24) is 10.3 Å². The zero-order valence-corrected chi connectivity index (χ0v) is 15.8. The van der Waals surface area contributed by atoms with E-state index in [1.54, 1.807) is 12.1 Å². The summed E-state index contributed by atoms with van der Waals surface area (Å²) in [6.45, 7) is 2.13. The van der Waals surface area contributed by atoms with Crippen molar-refractivity contribution in [3.8, 4) is 10.6 Å². The number of nitrogens with zero attached hydrogens (tertiary/aromatic N) is 1. The Hall–Kier alpha value is -3.13. The van der Waals surface area contributed by atoms with Gasteiger partial charge < -0.3 is 10.6 Å². The number of thiazole rings is 1. The van der Waals surface area contributed by atoms with Crippen molar-refractivity contribution in [2.45, 2.75) is 13.3 Å². The number of carbonyl (C=O) groups is 2. The number of benzene rings is 2. The predicted molar refractivity (Wildman–Crippen MR) is 104 cm³/mol. The van der Waals surface area contributed by atoms with Crippen molar-refractivity contribution in [1.29, 1.82) is 0 Å². The summed E-state index contributed by atoms with van der Waals surface area (Å²) in [5.41, 5.74) is 1.99. The summed E-state index contributed by atoms with van der Waals surface area (Å²) in [4.78, 5) is 29.2. The van der Waals surface area contributed by atoms with Crippen molar-refractivity contribution in [3.63, 3.8) is 0 Å². The highest BCUT2D eigenvalue weighted by molar-refractivity contribution is 7.15. The quantitative estimate of drug-likeness (QED) is 0.641. The second-order valence-corrected chi connectivity index (χ2v) is 7.09. The molecule has 0 aliphatic carbocycles. The van der Waals surface area contributed by atoms with E-state index in [2.05, 4.69) is 15.6 Å². The van der Waals surface area contributed by atoms with Crippen molar-refractivity contribution >= 4 is 28.8 Å². The number of halogens is 2.